The first kappa shape index (κ1) is 9.07. The average Bonchev–Trinajstić information content (AvgIpc) is 2.05. The molecule has 0 spiro atoms. The van der Waals surface area contributed by atoms with Crippen molar-refractivity contribution >= 4 is 5.69 Å². The van der Waals surface area contributed by atoms with Gasteiger partial charge in [0.1, 0.15) is 0 Å². The Morgan fingerprint density at radius 3 is 2.75 bits per heavy atom. The summed E-state index contributed by atoms with van der Waals surface area (Å²) in [5.41, 5.74) is 2.50. The van der Waals surface area contributed by atoms with Gasteiger partial charge in [0.2, 0.25) is 0 Å². The second kappa shape index (κ2) is 4.78. The number of anilines is 1. The maximum atomic E-state index is 3.32. The lowest BCUT2D eigenvalue weighted by molar-refractivity contribution is 0.824. The Morgan fingerprint density at radius 2 is 2.08 bits per heavy atom. The Bertz CT molecular complexity index is 233. The van der Waals surface area contributed by atoms with Crippen LogP contribution in [0.2, 0.25) is 0 Å². The first-order valence-electron chi connectivity index (χ1n) is 4.28. The summed E-state index contributed by atoms with van der Waals surface area (Å²) in [4.78, 5) is 0. The topological polar surface area (TPSA) is 24.1 Å². The molecular formula is C10H16N2. The molecule has 0 saturated heterocycles. The second-order valence-electron chi connectivity index (χ2n) is 2.90. The third-order valence-electron chi connectivity index (χ3n) is 1.72. The molecule has 0 atom stereocenters. The van der Waals surface area contributed by atoms with Crippen LogP contribution in [-0.4, -0.2) is 20.1 Å². The maximum absolute atomic E-state index is 3.32. The molecule has 0 aliphatic rings. The van der Waals surface area contributed by atoms with E-state index in [-0.39, 0.29) is 0 Å². The second-order valence-corrected chi connectivity index (χ2v) is 2.90. The summed E-state index contributed by atoms with van der Waals surface area (Å²) in [6.07, 6.45) is 0. The first-order valence-corrected chi connectivity index (χ1v) is 4.28. The van der Waals surface area contributed by atoms with Gasteiger partial charge in [-0.05, 0) is 31.7 Å². The summed E-state index contributed by atoms with van der Waals surface area (Å²) in [6, 6.07) is 8.40. The van der Waals surface area contributed by atoms with E-state index >= 15 is 0 Å². The molecule has 0 amide bonds. The lowest BCUT2D eigenvalue weighted by atomic mass is 10.2. The highest BCUT2D eigenvalue weighted by Crippen LogP contribution is 2.08. The zero-order valence-electron chi connectivity index (χ0n) is 7.72. The van der Waals surface area contributed by atoms with Crippen LogP contribution in [0.5, 0.6) is 0 Å². The van der Waals surface area contributed by atoms with Gasteiger partial charge in [0, 0.05) is 18.8 Å². The quantitative estimate of drug-likeness (QED) is 0.661. The van der Waals surface area contributed by atoms with Gasteiger partial charge >= 0.3 is 0 Å². The monoisotopic (exact) mass is 164 g/mol. The number of hydrogen-bond acceptors (Lipinski definition) is 2. The van der Waals surface area contributed by atoms with Crippen molar-refractivity contribution in [1.29, 1.82) is 0 Å². The number of nitrogens with one attached hydrogen (secondary N) is 2. The van der Waals surface area contributed by atoms with Crippen molar-refractivity contribution in [2.24, 2.45) is 0 Å². The number of hydrogen-bond donors (Lipinski definition) is 2. The van der Waals surface area contributed by atoms with Crippen LogP contribution in [0.1, 0.15) is 5.56 Å². The molecule has 1 aromatic carbocycles. The third-order valence-corrected chi connectivity index (χ3v) is 1.72. The summed E-state index contributed by atoms with van der Waals surface area (Å²) in [5.74, 6) is 0. The van der Waals surface area contributed by atoms with Crippen molar-refractivity contribution in [3.05, 3.63) is 29.8 Å². The molecule has 1 aromatic rings. The van der Waals surface area contributed by atoms with E-state index in [1.54, 1.807) is 0 Å². The van der Waals surface area contributed by atoms with Crippen molar-refractivity contribution in [3.8, 4) is 0 Å². The van der Waals surface area contributed by atoms with Crippen molar-refractivity contribution in [2.75, 3.05) is 25.5 Å². The summed E-state index contributed by atoms with van der Waals surface area (Å²) in [7, 11) is 1.96. The van der Waals surface area contributed by atoms with Crippen LogP contribution in [0.25, 0.3) is 0 Å². The number of benzene rings is 1. The van der Waals surface area contributed by atoms with Crippen LogP contribution in [0, 0.1) is 6.92 Å². The van der Waals surface area contributed by atoms with Crippen LogP contribution >= 0.6 is 0 Å². The number of likely N-dealkylation sites (N-methyl/N-ethyl adjacent to an activating group) is 1. The van der Waals surface area contributed by atoms with Crippen LogP contribution in [0.15, 0.2) is 24.3 Å². The number of rotatable bonds is 4. The molecule has 0 heterocycles. The minimum atomic E-state index is 0.972. The molecular weight excluding hydrogens is 148 g/mol. The van der Waals surface area contributed by atoms with Gasteiger partial charge in [-0.2, -0.15) is 0 Å². The molecule has 0 aliphatic heterocycles. The molecule has 0 aliphatic carbocycles. The maximum Gasteiger partial charge on any atom is 0.0343 e. The molecule has 0 radical (unpaired) electrons. The van der Waals surface area contributed by atoms with Crippen molar-refractivity contribution in [2.45, 2.75) is 6.92 Å². The van der Waals surface area contributed by atoms with Gasteiger partial charge in [-0.1, -0.05) is 12.1 Å². The molecule has 0 fully saturated rings. The van der Waals surface area contributed by atoms with Crippen molar-refractivity contribution in [1.82, 2.24) is 5.32 Å². The van der Waals surface area contributed by atoms with E-state index in [1.165, 1.54) is 11.3 Å². The SMILES string of the molecule is CNCCNc1cccc(C)c1. The zero-order valence-corrected chi connectivity index (χ0v) is 7.72. The van der Waals surface area contributed by atoms with Crippen LogP contribution < -0.4 is 10.6 Å². The largest absolute Gasteiger partial charge is 0.384 e. The van der Waals surface area contributed by atoms with Gasteiger partial charge in [0.25, 0.3) is 0 Å². The Hall–Kier alpha value is -1.02. The highest BCUT2D eigenvalue weighted by molar-refractivity contribution is 5.45. The fraction of sp³-hybridized carbons (Fsp3) is 0.400. The van der Waals surface area contributed by atoms with E-state index in [1.807, 2.05) is 7.05 Å². The van der Waals surface area contributed by atoms with Gasteiger partial charge in [0.05, 0.1) is 0 Å². The van der Waals surface area contributed by atoms with Gasteiger partial charge in [-0.3, -0.25) is 0 Å². The Kier molecular flexibility index (Phi) is 3.61. The summed E-state index contributed by atoms with van der Waals surface area (Å²) >= 11 is 0. The molecule has 0 saturated carbocycles. The lowest BCUT2D eigenvalue weighted by Crippen LogP contribution is -2.17. The normalized spacial score (nSPS) is 9.83. The average molecular weight is 164 g/mol. The fourth-order valence-electron chi connectivity index (χ4n) is 1.09. The molecule has 66 valence electrons. The van der Waals surface area contributed by atoms with Crippen molar-refractivity contribution < 1.29 is 0 Å². The van der Waals surface area contributed by atoms with Gasteiger partial charge in [0.15, 0.2) is 0 Å². The van der Waals surface area contributed by atoms with E-state index in [9.17, 15) is 0 Å². The lowest BCUT2D eigenvalue weighted by Gasteiger charge is -2.05. The standard InChI is InChI=1S/C10H16N2/c1-9-4-3-5-10(8-9)12-7-6-11-2/h3-5,8,11-12H,6-7H2,1-2H3. The van der Waals surface area contributed by atoms with Crippen molar-refractivity contribution in [3.63, 3.8) is 0 Å². The molecule has 0 bridgehead atoms. The molecule has 2 nitrogen and oxygen atoms in total. The number of aryl methyl sites for hydroxylation is 1. The molecule has 2 heteroatoms. The van der Waals surface area contributed by atoms with E-state index in [4.69, 9.17) is 0 Å². The summed E-state index contributed by atoms with van der Waals surface area (Å²) in [5, 5.41) is 6.41. The predicted molar refractivity (Wildman–Crippen MR) is 53.6 cm³/mol. The Labute approximate surface area is 74.0 Å². The summed E-state index contributed by atoms with van der Waals surface area (Å²) in [6.45, 7) is 4.07. The fourth-order valence-corrected chi connectivity index (χ4v) is 1.09. The minimum absolute atomic E-state index is 0.972. The van der Waals surface area contributed by atoms with Gasteiger partial charge < -0.3 is 10.6 Å². The smallest absolute Gasteiger partial charge is 0.0343 e. The first-order chi connectivity index (χ1) is 5.83. The van der Waals surface area contributed by atoms with E-state index in [0.717, 1.165) is 13.1 Å². The predicted octanol–water partition coefficient (Wildman–Crippen LogP) is 1.63. The molecule has 2 N–H and O–H groups in total. The molecule has 12 heavy (non-hydrogen) atoms. The van der Waals surface area contributed by atoms with Crippen LogP contribution in [0.4, 0.5) is 5.69 Å². The zero-order chi connectivity index (χ0) is 8.81. The van der Waals surface area contributed by atoms with Crippen LogP contribution in [0.3, 0.4) is 0 Å². The molecule has 0 unspecified atom stereocenters. The van der Waals surface area contributed by atoms with E-state index < -0.39 is 0 Å². The van der Waals surface area contributed by atoms with E-state index in [0.29, 0.717) is 0 Å². The van der Waals surface area contributed by atoms with E-state index in [2.05, 4.69) is 41.8 Å². The minimum Gasteiger partial charge on any atom is -0.384 e. The molecule has 1 rings (SSSR count). The van der Waals surface area contributed by atoms with Gasteiger partial charge in [-0.15, -0.1) is 0 Å². The Morgan fingerprint density at radius 1 is 1.25 bits per heavy atom. The van der Waals surface area contributed by atoms with Gasteiger partial charge in [-0.25, -0.2) is 0 Å². The molecule has 0 aromatic heterocycles. The highest BCUT2D eigenvalue weighted by atomic mass is 14.9. The highest BCUT2D eigenvalue weighted by Gasteiger charge is 1.89. The van der Waals surface area contributed by atoms with Crippen LogP contribution in [-0.2, 0) is 0 Å². The Balaban J connectivity index is 2.41. The summed E-state index contributed by atoms with van der Waals surface area (Å²) < 4.78 is 0. The third kappa shape index (κ3) is 2.93.